The summed E-state index contributed by atoms with van der Waals surface area (Å²) in [4.78, 5) is 18.5. The summed E-state index contributed by atoms with van der Waals surface area (Å²) in [5.74, 6) is 0.483. The van der Waals surface area contributed by atoms with Crippen LogP contribution in [0, 0.1) is 11.3 Å². The van der Waals surface area contributed by atoms with Crippen molar-refractivity contribution in [2.45, 2.75) is 26.3 Å². The normalized spacial score (nSPS) is 15.2. The molecule has 0 amide bonds. The van der Waals surface area contributed by atoms with Gasteiger partial charge in [-0.25, -0.2) is 15.0 Å². The average molecular weight is 467 g/mol. The Morgan fingerprint density at radius 3 is 2.54 bits per heavy atom. The summed E-state index contributed by atoms with van der Waals surface area (Å²) in [6.07, 6.45) is 6.20. The maximum atomic E-state index is 9.70. The van der Waals surface area contributed by atoms with Crippen LogP contribution in [0.2, 0.25) is 0 Å². The SMILES string of the molecule is CCc1cccn2c(-c3nc(N[C@@H](C)c4ccc(N5CCN(C)CC5)cc4)ncc3C#N)cnc12. The number of imidazole rings is 1. The van der Waals surface area contributed by atoms with Crippen molar-refractivity contribution in [2.75, 3.05) is 43.4 Å². The zero-order chi connectivity index (χ0) is 24.4. The molecule has 0 aliphatic carbocycles. The van der Waals surface area contributed by atoms with E-state index in [1.165, 1.54) is 5.69 Å². The molecule has 4 aromatic rings. The van der Waals surface area contributed by atoms with E-state index >= 15 is 0 Å². The second kappa shape index (κ2) is 9.72. The molecule has 5 rings (SSSR count). The molecule has 35 heavy (non-hydrogen) atoms. The third-order valence-corrected chi connectivity index (χ3v) is 6.76. The summed E-state index contributed by atoms with van der Waals surface area (Å²) < 4.78 is 1.99. The predicted molar refractivity (Wildman–Crippen MR) is 139 cm³/mol. The quantitative estimate of drug-likeness (QED) is 0.457. The minimum atomic E-state index is 0.00574. The molecule has 0 spiro atoms. The molecule has 1 aromatic carbocycles. The van der Waals surface area contributed by atoms with Crippen LogP contribution < -0.4 is 10.2 Å². The first kappa shape index (κ1) is 22.8. The minimum absolute atomic E-state index is 0.00574. The van der Waals surface area contributed by atoms with Crippen LogP contribution in [0.25, 0.3) is 17.0 Å². The number of nitrogens with zero attached hydrogens (tertiary/aromatic N) is 7. The van der Waals surface area contributed by atoms with E-state index in [0.717, 1.165) is 55.1 Å². The predicted octanol–water partition coefficient (Wildman–Crippen LogP) is 4.15. The molecule has 3 aromatic heterocycles. The molecule has 1 atom stereocenters. The van der Waals surface area contributed by atoms with Crippen LogP contribution in [-0.2, 0) is 6.42 Å². The van der Waals surface area contributed by atoms with Crippen LogP contribution in [0.4, 0.5) is 11.6 Å². The van der Waals surface area contributed by atoms with Gasteiger partial charge in [-0.15, -0.1) is 0 Å². The summed E-state index contributed by atoms with van der Waals surface area (Å²) in [5.41, 5.74) is 6.22. The molecule has 0 saturated carbocycles. The van der Waals surface area contributed by atoms with E-state index in [-0.39, 0.29) is 6.04 Å². The molecule has 0 bridgehead atoms. The lowest BCUT2D eigenvalue weighted by Crippen LogP contribution is -2.44. The fourth-order valence-corrected chi connectivity index (χ4v) is 4.56. The van der Waals surface area contributed by atoms with Crippen LogP contribution in [0.5, 0.6) is 0 Å². The van der Waals surface area contributed by atoms with Gasteiger partial charge in [0.05, 0.1) is 29.7 Å². The Hall–Kier alpha value is -3.96. The number of hydrogen-bond donors (Lipinski definition) is 1. The summed E-state index contributed by atoms with van der Waals surface area (Å²) in [6, 6.07) is 15.0. The van der Waals surface area contributed by atoms with Crippen molar-refractivity contribution in [2.24, 2.45) is 0 Å². The first-order valence-electron chi connectivity index (χ1n) is 12.1. The third kappa shape index (κ3) is 4.55. The van der Waals surface area contributed by atoms with Gasteiger partial charge in [-0.3, -0.25) is 4.40 Å². The van der Waals surface area contributed by atoms with Crippen LogP contribution in [0.1, 0.15) is 36.6 Å². The number of anilines is 2. The molecule has 1 N–H and O–H groups in total. The lowest BCUT2D eigenvalue weighted by Gasteiger charge is -2.34. The van der Waals surface area contributed by atoms with E-state index in [1.807, 2.05) is 16.7 Å². The van der Waals surface area contributed by atoms with Crippen molar-refractivity contribution in [3.05, 3.63) is 71.7 Å². The number of benzene rings is 1. The van der Waals surface area contributed by atoms with Gasteiger partial charge in [0.1, 0.15) is 17.4 Å². The standard InChI is InChI=1S/C27H30N8/c1-4-20-6-5-11-35-24(18-29-26(20)35)25-22(16-28)17-30-27(32-25)31-19(2)21-7-9-23(10-8-21)34-14-12-33(3)13-15-34/h5-11,17-19H,4,12-15H2,1-3H3,(H,30,31,32)/t19-/m0/s1. The summed E-state index contributed by atoms with van der Waals surface area (Å²) in [7, 11) is 2.17. The molecule has 1 aliphatic heterocycles. The highest BCUT2D eigenvalue weighted by Crippen LogP contribution is 2.27. The van der Waals surface area contributed by atoms with E-state index in [1.54, 1.807) is 12.4 Å². The molecule has 4 heterocycles. The fraction of sp³-hybridized carbons (Fsp3) is 0.333. The molecular weight excluding hydrogens is 436 g/mol. The van der Waals surface area contributed by atoms with Crippen LogP contribution >= 0.6 is 0 Å². The smallest absolute Gasteiger partial charge is 0.223 e. The fourth-order valence-electron chi connectivity index (χ4n) is 4.56. The Balaban J connectivity index is 1.38. The summed E-state index contributed by atoms with van der Waals surface area (Å²) in [5, 5.41) is 13.1. The maximum Gasteiger partial charge on any atom is 0.223 e. The van der Waals surface area contributed by atoms with E-state index in [9.17, 15) is 5.26 Å². The van der Waals surface area contributed by atoms with Crippen LogP contribution in [-0.4, -0.2) is 57.5 Å². The maximum absolute atomic E-state index is 9.70. The van der Waals surface area contributed by atoms with Gasteiger partial charge in [-0.1, -0.05) is 25.1 Å². The van der Waals surface area contributed by atoms with Crippen molar-refractivity contribution in [1.29, 1.82) is 5.26 Å². The Morgan fingerprint density at radius 2 is 1.83 bits per heavy atom. The number of piperazine rings is 1. The number of hydrogen-bond acceptors (Lipinski definition) is 7. The lowest BCUT2D eigenvalue weighted by molar-refractivity contribution is 0.313. The van der Waals surface area contributed by atoms with Gasteiger partial charge < -0.3 is 15.1 Å². The van der Waals surface area contributed by atoms with Gasteiger partial charge in [-0.05, 0) is 49.7 Å². The number of nitrogens with one attached hydrogen (secondary N) is 1. The zero-order valence-corrected chi connectivity index (χ0v) is 20.4. The highest BCUT2D eigenvalue weighted by Gasteiger charge is 2.17. The molecule has 8 nitrogen and oxygen atoms in total. The van der Waals surface area contributed by atoms with E-state index in [0.29, 0.717) is 17.2 Å². The van der Waals surface area contributed by atoms with Crippen molar-refractivity contribution in [3.63, 3.8) is 0 Å². The molecule has 1 fully saturated rings. The van der Waals surface area contributed by atoms with Crippen LogP contribution in [0.15, 0.2) is 55.0 Å². The third-order valence-electron chi connectivity index (χ3n) is 6.76. The Labute approximate surface area is 205 Å². The molecule has 0 unspecified atom stereocenters. The topological polar surface area (TPSA) is 85.4 Å². The van der Waals surface area contributed by atoms with E-state index in [4.69, 9.17) is 4.98 Å². The molecule has 1 saturated heterocycles. The summed E-state index contributed by atoms with van der Waals surface area (Å²) in [6.45, 7) is 8.47. The molecule has 178 valence electrons. The minimum Gasteiger partial charge on any atom is -0.369 e. The van der Waals surface area contributed by atoms with Crippen molar-refractivity contribution >= 4 is 17.3 Å². The van der Waals surface area contributed by atoms with Gasteiger partial charge in [0.15, 0.2) is 0 Å². The van der Waals surface area contributed by atoms with E-state index < -0.39 is 0 Å². The Morgan fingerprint density at radius 1 is 1.06 bits per heavy atom. The monoisotopic (exact) mass is 466 g/mol. The van der Waals surface area contributed by atoms with Crippen molar-refractivity contribution in [1.82, 2.24) is 24.3 Å². The van der Waals surface area contributed by atoms with Gasteiger partial charge in [-0.2, -0.15) is 5.26 Å². The number of aromatic nitrogens is 4. The largest absolute Gasteiger partial charge is 0.369 e. The first-order chi connectivity index (χ1) is 17.1. The van der Waals surface area contributed by atoms with Gasteiger partial charge in [0.2, 0.25) is 5.95 Å². The molecule has 1 aliphatic rings. The summed E-state index contributed by atoms with van der Waals surface area (Å²) >= 11 is 0. The number of nitriles is 1. The van der Waals surface area contributed by atoms with Gasteiger partial charge in [0, 0.05) is 38.1 Å². The highest BCUT2D eigenvalue weighted by atomic mass is 15.2. The lowest BCUT2D eigenvalue weighted by atomic mass is 10.1. The number of pyridine rings is 1. The van der Waals surface area contributed by atoms with Crippen molar-refractivity contribution < 1.29 is 0 Å². The highest BCUT2D eigenvalue weighted by molar-refractivity contribution is 5.68. The van der Waals surface area contributed by atoms with Gasteiger partial charge in [0.25, 0.3) is 0 Å². The number of rotatable bonds is 6. The zero-order valence-electron chi connectivity index (χ0n) is 20.4. The first-order valence-corrected chi connectivity index (χ1v) is 12.1. The van der Waals surface area contributed by atoms with Crippen LogP contribution in [0.3, 0.4) is 0 Å². The van der Waals surface area contributed by atoms with Crippen molar-refractivity contribution in [3.8, 4) is 17.5 Å². The second-order valence-electron chi connectivity index (χ2n) is 9.04. The number of likely N-dealkylation sites (N-methyl/N-ethyl adjacent to an activating group) is 1. The number of aryl methyl sites for hydroxylation is 1. The Kier molecular flexibility index (Phi) is 6.34. The molecule has 8 heteroatoms. The number of fused-ring (bicyclic) bond motifs is 1. The second-order valence-corrected chi connectivity index (χ2v) is 9.04. The molecule has 0 radical (unpaired) electrons. The van der Waals surface area contributed by atoms with E-state index in [2.05, 4.69) is 82.4 Å². The molecular formula is C27H30N8. The Bertz CT molecular complexity index is 1360. The average Bonchev–Trinajstić information content (AvgIpc) is 3.33. The van der Waals surface area contributed by atoms with Gasteiger partial charge >= 0.3 is 0 Å².